The van der Waals surface area contributed by atoms with Crippen molar-refractivity contribution in [3.8, 4) is 11.5 Å². The molecule has 136 valence electrons. The second-order valence-electron chi connectivity index (χ2n) is 6.63. The third-order valence-electron chi connectivity index (χ3n) is 4.98. The summed E-state index contributed by atoms with van der Waals surface area (Å²) in [6.07, 6.45) is 0.695. The van der Waals surface area contributed by atoms with E-state index >= 15 is 0 Å². The first-order valence-corrected chi connectivity index (χ1v) is 10.1. The Bertz CT molecular complexity index is 966. The Labute approximate surface area is 162 Å². The van der Waals surface area contributed by atoms with Gasteiger partial charge in [0.25, 0.3) is 0 Å². The van der Waals surface area contributed by atoms with E-state index < -0.39 is 0 Å². The van der Waals surface area contributed by atoms with Gasteiger partial charge in [-0.15, -0.1) is 11.3 Å². The lowest BCUT2D eigenvalue weighted by atomic mass is 9.96. The lowest BCUT2D eigenvalue weighted by Gasteiger charge is -2.37. The number of thiophene rings is 1. The molecule has 0 N–H and O–H groups in total. The molecule has 27 heavy (non-hydrogen) atoms. The van der Waals surface area contributed by atoms with E-state index in [2.05, 4.69) is 52.9 Å². The highest BCUT2D eigenvalue weighted by Gasteiger charge is 2.41. The Morgan fingerprint density at radius 1 is 1.11 bits per heavy atom. The molecule has 2 aliphatic rings. The average molecular weight is 376 g/mol. The first-order chi connectivity index (χ1) is 13.3. The minimum Gasteiger partial charge on any atom is -0.494 e. The van der Waals surface area contributed by atoms with Crippen LogP contribution in [0.25, 0.3) is 0 Å². The Morgan fingerprint density at radius 3 is 2.74 bits per heavy atom. The molecule has 5 heteroatoms. The van der Waals surface area contributed by atoms with Crippen LogP contribution < -0.4 is 9.47 Å². The number of benzene rings is 2. The predicted molar refractivity (Wildman–Crippen MR) is 107 cm³/mol. The normalized spacial score (nSPS) is 20.5. The molecule has 5 rings (SSSR count). The maximum absolute atomic E-state index is 6.33. The number of nitrogens with zero attached hydrogens (tertiary/aromatic N) is 2. The number of hydrogen-bond acceptors (Lipinski definition) is 5. The summed E-state index contributed by atoms with van der Waals surface area (Å²) in [6.45, 7) is 2.67. The van der Waals surface area contributed by atoms with E-state index in [0.29, 0.717) is 6.61 Å². The number of fused-ring (bicyclic) bond motifs is 3. The molecule has 3 aromatic rings. The summed E-state index contributed by atoms with van der Waals surface area (Å²) in [5, 5.41) is 9.19. The fourth-order valence-electron chi connectivity index (χ4n) is 3.74. The fourth-order valence-corrected chi connectivity index (χ4v) is 4.48. The molecular formula is C22H20N2O2S. The topological polar surface area (TPSA) is 34.1 Å². The molecule has 3 heterocycles. The van der Waals surface area contributed by atoms with Gasteiger partial charge in [0, 0.05) is 12.0 Å². The van der Waals surface area contributed by atoms with Gasteiger partial charge in [-0.05, 0) is 54.3 Å². The highest BCUT2D eigenvalue weighted by Crippen LogP contribution is 2.48. The zero-order chi connectivity index (χ0) is 18.2. The first-order valence-electron chi connectivity index (χ1n) is 9.21. The van der Waals surface area contributed by atoms with E-state index in [9.17, 15) is 0 Å². The molecule has 0 aliphatic carbocycles. The van der Waals surface area contributed by atoms with Gasteiger partial charge in [-0.3, -0.25) is 0 Å². The van der Waals surface area contributed by atoms with Crippen molar-refractivity contribution in [3.63, 3.8) is 0 Å². The molecule has 0 saturated carbocycles. The fraction of sp³-hybridized carbons (Fsp3) is 0.227. The molecule has 2 atom stereocenters. The third-order valence-corrected chi connectivity index (χ3v) is 5.89. The van der Waals surface area contributed by atoms with Crippen LogP contribution in [0.1, 0.15) is 41.6 Å². The summed E-state index contributed by atoms with van der Waals surface area (Å²) in [5.41, 5.74) is 3.43. The van der Waals surface area contributed by atoms with E-state index in [4.69, 9.17) is 14.6 Å². The molecule has 0 amide bonds. The zero-order valence-corrected chi connectivity index (χ0v) is 15.9. The van der Waals surface area contributed by atoms with Gasteiger partial charge in [0.15, 0.2) is 0 Å². The van der Waals surface area contributed by atoms with Crippen LogP contribution in [0.4, 0.5) is 0 Å². The van der Waals surface area contributed by atoms with Crippen molar-refractivity contribution in [2.45, 2.75) is 25.6 Å². The van der Waals surface area contributed by atoms with Crippen LogP contribution in [0.15, 0.2) is 71.1 Å². The summed E-state index contributed by atoms with van der Waals surface area (Å²) in [4.78, 5) is 1.17. The second-order valence-corrected chi connectivity index (χ2v) is 7.61. The molecule has 1 aromatic heterocycles. The van der Waals surface area contributed by atoms with Gasteiger partial charge in [0.2, 0.25) is 6.23 Å². The van der Waals surface area contributed by atoms with Crippen LogP contribution in [0.5, 0.6) is 11.5 Å². The monoisotopic (exact) mass is 376 g/mol. The third kappa shape index (κ3) is 2.88. The van der Waals surface area contributed by atoms with E-state index in [1.54, 1.807) is 11.3 Å². The van der Waals surface area contributed by atoms with Crippen molar-refractivity contribution in [1.29, 1.82) is 0 Å². The van der Waals surface area contributed by atoms with Crippen molar-refractivity contribution < 1.29 is 9.47 Å². The van der Waals surface area contributed by atoms with Gasteiger partial charge in [-0.25, -0.2) is 5.01 Å². The quantitative estimate of drug-likeness (QED) is 0.612. The maximum atomic E-state index is 6.33. The van der Waals surface area contributed by atoms with Gasteiger partial charge in [-0.1, -0.05) is 24.3 Å². The SMILES string of the molecule is CCOc1ccc(C2=NN3[C@@H](C2)c2ccccc2O[C@H]3c2cccs2)cc1. The predicted octanol–water partition coefficient (Wildman–Crippen LogP) is 5.39. The van der Waals surface area contributed by atoms with Gasteiger partial charge in [0.05, 0.1) is 23.2 Å². The molecule has 0 spiro atoms. The van der Waals surface area contributed by atoms with Crippen LogP contribution in [0, 0.1) is 0 Å². The molecule has 2 aliphatic heterocycles. The lowest BCUT2D eigenvalue weighted by Crippen LogP contribution is -2.33. The van der Waals surface area contributed by atoms with Gasteiger partial charge < -0.3 is 9.47 Å². The highest BCUT2D eigenvalue weighted by atomic mass is 32.1. The Balaban J connectivity index is 1.52. The van der Waals surface area contributed by atoms with Crippen molar-refractivity contribution in [2.75, 3.05) is 6.61 Å². The summed E-state index contributed by atoms with van der Waals surface area (Å²) in [6, 6.07) is 20.9. The number of ether oxygens (including phenoxy) is 2. The van der Waals surface area contributed by atoms with Crippen molar-refractivity contribution in [1.82, 2.24) is 5.01 Å². The summed E-state index contributed by atoms with van der Waals surface area (Å²) < 4.78 is 11.9. The molecule has 0 fully saturated rings. The molecule has 4 nitrogen and oxygen atoms in total. The van der Waals surface area contributed by atoms with E-state index in [-0.39, 0.29) is 12.3 Å². The minimum absolute atomic E-state index is 0.176. The standard InChI is InChI=1S/C22H20N2O2S/c1-2-25-16-11-9-15(10-12-16)18-14-19-17-6-3-4-7-20(17)26-22(24(19)23-18)21-8-5-13-27-21/h3-13,19,22H,2,14H2,1H3/t19-,22-/m0/s1. The number of hydrazone groups is 1. The van der Waals surface area contributed by atoms with Crippen LogP contribution in [-0.4, -0.2) is 17.3 Å². The zero-order valence-electron chi connectivity index (χ0n) is 15.0. The Morgan fingerprint density at radius 2 is 1.96 bits per heavy atom. The lowest BCUT2D eigenvalue weighted by molar-refractivity contribution is -0.0165. The molecular weight excluding hydrogens is 356 g/mol. The van der Waals surface area contributed by atoms with Gasteiger partial charge >= 0.3 is 0 Å². The number of para-hydroxylation sites is 1. The first kappa shape index (κ1) is 16.4. The van der Waals surface area contributed by atoms with Crippen LogP contribution in [-0.2, 0) is 0 Å². The molecule has 0 bridgehead atoms. The van der Waals surface area contributed by atoms with Gasteiger partial charge in [-0.2, -0.15) is 5.10 Å². The van der Waals surface area contributed by atoms with Gasteiger partial charge in [0.1, 0.15) is 11.5 Å². The number of hydrogen-bond donors (Lipinski definition) is 0. The van der Waals surface area contributed by atoms with Crippen LogP contribution in [0.2, 0.25) is 0 Å². The highest BCUT2D eigenvalue weighted by molar-refractivity contribution is 7.10. The van der Waals surface area contributed by atoms with Crippen LogP contribution in [0.3, 0.4) is 0 Å². The van der Waals surface area contributed by atoms with E-state index in [1.807, 2.05) is 25.1 Å². The summed E-state index contributed by atoms with van der Waals surface area (Å²) in [7, 11) is 0. The molecule has 0 radical (unpaired) electrons. The van der Waals surface area contributed by atoms with Crippen molar-refractivity contribution in [3.05, 3.63) is 82.0 Å². The molecule has 0 saturated heterocycles. The Kier molecular flexibility index (Phi) is 4.09. The van der Waals surface area contributed by atoms with Crippen molar-refractivity contribution >= 4 is 17.0 Å². The molecule has 0 unspecified atom stereocenters. The second kappa shape index (κ2) is 6.74. The van der Waals surface area contributed by atoms with Crippen LogP contribution >= 0.6 is 11.3 Å². The Hall–Kier alpha value is -2.79. The van der Waals surface area contributed by atoms with Crippen molar-refractivity contribution in [2.24, 2.45) is 5.10 Å². The molecule has 2 aromatic carbocycles. The maximum Gasteiger partial charge on any atom is 0.222 e. The van der Waals surface area contributed by atoms with E-state index in [0.717, 1.165) is 29.2 Å². The van der Waals surface area contributed by atoms with E-state index in [1.165, 1.54) is 10.4 Å². The number of rotatable bonds is 4. The smallest absolute Gasteiger partial charge is 0.222 e. The summed E-state index contributed by atoms with van der Waals surface area (Å²) in [5.74, 6) is 1.85. The largest absolute Gasteiger partial charge is 0.494 e. The minimum atomic E-state index is -0.176. The average Bonchev–Trinajstić information content (AvgIpc) is 3.39. The summed E-state index contributed by atoms with van der Waals surface area (Å²) >= 11 is 1.71.